The maximum atomic E-state index is 12.4. The highest BCUT2D eigenvalue weighted by Gasteiger charge is 2.54. The van der Waals surface area contributed by atoms with Crippen molar-refractivity contribution in [1.29, 1.82) is 0 Å². The number of anilines is 1. The van der Waals surface area contributed by atoms with Crippen molar-refractivity contribution in [1.82, 2.24) is 0 Å². The van der Waals surface area contributed by atoms with Crippen LogP contribution in [0.25, 0.3) is 0 Å². The Morgan fingerprint density at radius 1 is 1.13 bits per heavy atom. The van der Waals surface area contributed by atoms with Gasteiger partial charge in [0.1, 0.15) is 0 Å². The van der Waals surface area contributed by atoms with Crippen molar-refractivity contribution < 1.29 is 18.1 Å². The zero-order valence-electron chi connectivity index (χ0n) is 12.8. The van der Waals surface area contributed by atoms with E-state index in [4.69, 9.17) is 0 Å². The van der Waals surface area contributed by atoms with Gasteiger partial charge in [0.2, 0.25) is 0 Å². The van der Waals surface area contributed by atoms with Crippen molar-refractivity contribution >= 4 is 15.8 Å². The van der Waals surface area contributed by atoms with Gasteiger partial charge in [0.15, 0.2) is 4.87 Å². The van der Waals surface area contributed by atoms with E-state index in [0.717, 1.165) is 11.3 Å². The first-order valence-electron chi connectivity index (χ1n) is 7.42. The predicted molar refractivity (Wildman–Crippen MR) is 88.8 cm³/mol. The van der Waals surface area contributed by atoms with Crippen LogP contribution in [0.3, 0.4) is 0 Å². The quantitative estimate of drug-likeness (QED) is 0.839. The molecule has 122 valence electrons. The Hall–Kier alpha value is -1.89. The minimum Gasteiger partial charge on any atom is -0.392 e. The van der Waals surface area contributed by atoms with E-state index in [1.54, 1.807) is 42.2 Å². The molecule has 3 rings (SSSR count). The second kappa shape index (κ2) is 5.63. The van der Waals surface area contributed by atoms with E-state index in [9.17, 15) is 18.1 Å². The first kappa shape index (κ1) is 16.0. The maximum absolute atomic E-state index is 12.4. The summed E-state index contributed by atoms with van der Waals surface area (Å²) in [4.78, 5) is -0.0212. The van der Waals surface area contributed by atoms with E-state index < -0.39 is 21.1 Å². The number of hydrogen-bond donors (Lipinski definition) is 2. The fourth-order valence-corrected chi connectivity index (χ4v) is 4.54. The summed E-state index contributed by atoms with van der Waals surface area (Å²) in [7, 11) is -4.46. The molecule has 5 nitrogen and oxygen atoms in total. The van der Waals surface area contributed by atoms with E-state index in [2.05, 4.69) is 0 Å². The molecule has 1 heterocycles. The molecule has 0 spiro atoms. The molecular formula is C17H19NO4S. The molecule has 1 aliphatic heterocycles. The second-order valence-corrected chi connectivity index (χ2v) is 7.52. The largest absolute Gasteiger partial charge is 0.392 e. The van der Waals surface area contributed by atoms with Gasteiger partial charge in [-0.05, 0) is 24.1 Å². The topological polar surface area (TPSA) is 77.8 Å². The Kier molecular flexibility index (Phi) is 3.91. The summed E-state index contributed by atoms with van der Waals surface area (Å²) in [6.07, 6.45) is -0.607. The van der Waals surface area contributed by atoms with Gasteiger partial charge in [-0.3, -0.25) is 4.55 Å². The molecule has 0 amide bonds. The number of aliphatic hydroxyl groups is 1. The van der Waals surface area contributed by atoms with Crippen LogP contribution in [0.4, 0.5) is 5.69 Å². The van der Waals surface area contributed by atoms with Gasteiger partial charge in [-0.2, -0.15) is 8.42 Å². The molecule has 0 saturated carbocycles. The molecule has 2 unspecified atom stereocenters. The molecule has 23 heavy (non-hydrogen) atoms. The van der Waals surface area contributed by atoms with Crippen LogP contribution in [0.2, 0.25) is 0 Å². The fourth-order valence-electron chi connectivity index (χ4n) is 3.32. The lowest BCUT2D eigenvalue weighted by Gasteiger charge is -2.38. The Morgan fingerprint density at radius 2 is 1.74 bits per heavy atom. The summed E-state index contributed by atoms with van der Waals surface area (Å²) in [5.41, 5.74) is 2.03. The molecule has 2 atom stereocenters. The van der Waals surface area contributed by atoms with Crippen LogP contribution in [0.1, 0.15) is 18.1 Å². The van der Waals surface area contributed by atoms with E-state index in [1.807, 2.05) is 24.3 Å². The summed E-state index contributed by atoms with van der Waals surface area (Å²) in [6.45, 7) is 1.70. The minimum absolute atomic E-state index is 0.103. The molecule has 2 aromatic carbocycles. The normalized spacial score (nSPS) is 22.0. The zero-order valence-corrected chi connectivity index (χ0v) is 13.6. The molecule has 0 aliphatic carbocycles. The second-order valence-electron chi connectivity index (χ2n) is 5.89. The minimum atomic E-state index is -4.46. The van der Waals surface area contributed by atoms with Crippen LogP contribution < -0.4 is 4.90 Å². The number of β-amino-alcohol motifs (C(OH)–C–C–N with tert-alkyl or cyclic N) is 1. The smallest absolute Gasteiger partial charge is 0.294 e. The lowest BCUT2D eigenvalue weighted by Crippen LogP contribution is -2.52. The van der Waals surface area contributed by atoms with Gasteiger partial charge in [0, 0.05) is 18.7 Å². The van der Waals surface area contributed by atoms with E-state index >= 15 is 0 Å². The van der Waals surface area contributed by atoms with Crippen molar-refractivity contribution in [2.24, 2.45) is 0 Å². The van der Waals surface area contributed by atoms with Gasteiger partial charge in [0.25, 0.3) is 10.1 Å². The molecule has 2 aromatic rings. The first-order valence-corrected chi connectivity index (χ1v) is 8.86. The number of para-hydroxylation sites is 1. The van der Waals surface area contributed by atoms with Gasteiger partial charge in [0.05, 0.1) is 6.10 Å². The van der Waals surface area contributed by atoms with Gasteiger partial charge in [-0.15, -0.1) is 0 Å². The van der Waals surface area contributed by atoms with E-state index in [0.29, 0.717) is 5.56 Å². The highest BCUT2D eigenvalue weighted by molar-refractivity contribution is 7.87. The lowest BCUT2D eigenvalue weighted by atomic mass is 10.0. The van der Waals surface area contributed by atoms with Crippen molar-refractivity contribution in [3.63, 3.8) is 0 Å². The molecule has 0 fully saturated rings. The lowest BCUT2D eigenvalue weighted by molar-refractivity contribution is 0.195. The van der Waals surface area contributed by atoms with Crippen LogP contribution in [0.15, 0.2) is 54.6 Å². The van der Waals surface area contributed by atoms with Crippen LogP contribution in [0.5, 0.6) is 0 Å². The molecular weight excluding hydrogens is 314 g/mol. The van der Waals surface area contributed by atoms with Crippen LogP contribution in [-0.4, -0.2) is 30.7 Å². The molecule has 2 N–H and O–H groups in total. The number of benzene rings is 2. The summed E-state index contributed by atoms with van der Waals surface area (Å²) < 4.78 is 35.0. The average molecular weight is 333 g/mol. The van der Waals surface area contributed by atoms with Crippen molar-refractivity contribution in [3.8, 4) is 0 Å². The summed E-state index contributed by atoms with van der Waals surface area (Å²) in [5, 5.41) is 9.87. The predicted octanol–water partition coefficient (Wildman–Crippen LogP) is 2.17. The van der Waals surface area contributed by atoms with Crippen LogP contribution in [0, 0.1) is 0 Å². The number of hydrogen-bond acceptors (Lipinski definition) is 4. The number of nitrogens with zero attached hydrogens (tertiary/aromatic N) is 1. The Labute approximate surface area is 135 Å². The van der Waals surface area contributed by atoms with Gasteiger partial charge in [-0.1, -0.05) is 48.5 Å². The molecule has 0 aromatic heterocycles. The maximum Gasteiger partial charge on any atom is 0.294 e. The Balaban J connectivity index is 2.27. The third-order valence-corrected chi connectivity index (χ3v) is 5.70. The van der Waals surface area contributed by atoms with Crippen LogP contribution >= 0.6 is 0 Å². The van der Waals surface area contributed by atoms with Crippen LogP contribution in [-0.2, 0) is 21.4 Å². The third kappa shape index (κ3) is 2.52. The van der Waals surface area contributed by atoms with Gasteiger partial charge >= 0.3 is 0 Å². The summed E-state index contributed by atoms with van der Waals surface area (Å²) in [5.74, 6) is 0. The third-order valence-electron chi connectivity index (χ3n) is 4.25. The Morgan fingerprint density at radius 3 is 2.35 bits per heavy atom. The SMILES string of the molecule is CC(O)CN1c2ccccc2CC1(c1ccccc1)S(=O)(=O)O. The van der Waals surface area contributed by atoms with E-state index in [1.165, 1.54) is 0 Å². The van der Waals surface area contributed by atoms with Crippen molar-refractivity contribution in [2.75, 3.05) is 11.4 Å². The highest BCUT2D eigenvalue weighted by atomic mass is 32.2. The van der Waals surface area contributed by atoms with Crippen molar-refractivity contribution in [2.45, 2.75) is 24.3 Å². The first-order chi connectivity index (χ1) is 10.9. The monoisotopic (exact) mass is 333 g/mol. The molecule has 0 bridgehead atoms. The molecule has 6 heteroatoms. The number of rotatable bonds is 4. The molecule has 0 saturated heterocycles. The number of fused-ring (bicyclic) bond motifs is 1. The molecule has 1 aliphatic rings. The van der Waals surface area contributed by atoms with Gasteiger partial charge < -0.3 is 10.0 Å². The average Bonchev–Trinajstić information content (AvgIpc) is 2.83. The fraction of sp³-hybridized carbons (Fsp3) is 0.294. The standard InChI is InChI=1S/C17H19NO4S/c1-13(19)12-18-16-10-6-5-7-14(16)11-17(18,23(20,21)22)15-8-3-2-4-9-15/h2-10,13,19H,11-12H2,1H3,(H,20,21,22). The zero-order chi connectivity index (χ0) is 16.7. The highest BCUT2D eigenvalue weighted by Crippen LogP contribution is 2.48. The summed E-state index contributed by atoms with van der Waals surface area (Å²) >= 11 is 0. The van der Waals surface area contributed by atoms with E-state index in [-0.39, 0.29) is 13.0 Å². The molecule has 0 radical (unpaired) electrons. The van der Waals surface area contributed by atoms with Gasteiger partial charge in [-0.25, -0.2) is 0 Å². The van der Waals surface area contributed by atoms with Crippen molar-refractivity contribution in [3.05, 3.63) is 65.7 Å². The Bertz CT molecular complexity index is 804. The number of aliphatic hydroxyl groups excluding tert-OH is 1. The summed E-state index contributed by atoms with van der Waals surface area (Å²) in [6, 6.07) is 16.0.